The Morgan fingerprint density at radius 1 is 1.47 bits per heavy atom. The summed E-state index contributed by atoms with van der Waals surface area (Å²) >= 11 is 0. The Morgan fingerprint density at radius 2 is 2.24 bits per heavy atom. The average Bonchev–Trinajstić information content (AvgIpc) is 2.66. The number of nitrogen functional groups attached to an aromatic ring is 1. The van der Waals surface area contributed by atoms with Crippen LogP contribution in [0.1, 0.15) is 13.8 Å². The summed E-state index contributed by atoms with van der Waals surface area (Å²) < 4.78 is 5.52. The molecule has 0 spiro atoms. The van der Waals surface area contributed by atoms with Gasteiger partial charge in [-0.2, -0.15) is 4.98 Å². The van der Waals surface area contributed by atoms with Crippen LogP contribution in [0.5, 0.6) is 0 Å². The van der Waals surface area contributed by atoms with Gasteiger partial charge in [0.2, 0.25) is 0 Å². The number of oxazole rings is 1. The Hall–Kier alpha value is -1.75. The van der Waals surface area contributed by atoms with Crippen molar-refractivity contribution in [2.75, 3.05) is 17.7 Å². The standard InChI is InChI=1S/C12H17N3O2/c1-7(2)10(6-16)15-12-14-9-4-3-8(13)5-11(9)17-12/h3-5,7,10,16H,6,13H2,1-2H3,(H,14,15)/t10-/m1/s1. The zero-order chi connectivity index (χ0) is 12.4. The van der Waals surface area contributed by atoms with Gasteiger partial charge in [0.1, 0.15) is 5.52 Å². The zero-order valence-electron chi connectivity index (χ0n) is 9.97. The van der Waals surface area contributed by atoms with Crippen LogP contribution in [0, 0.1) is 5.92 Å². The lowest BCUT2D eigenvalue weighted by Gasteiger charge is -2.18. The number of hydrogen-bond donors (Lipinski definition) is 3. The molecule has 0 aliphatic rings. The van der Waals surface area contributed by atoms with E-state index in [0.717, 1.165) is 5.52 Å². The molecule has 0 bridgehead atoms. The molecule has 5 nitrogen and oxygen atoms in total. The second-order valence-electron chi connectivity index (χ2n) is 4.42. The maximum atomic E-state index is 9.22. The molecule has 1 heterocycles. The van der Waals surface area contributed by atoms with Gasteiger partial charge in [0.15, 0.2) is 5.58 Å². The van der Waals surface area contributed by atoms with Crippen LogP contribution < -0.4 is 11.1 Å². The first kappa shape index (κ1) is 11.7. The number of nitrogens with zero attached hydrogens (tertiary/aromatic N) is 1. The highest BCUT2D eigenvalue weighted by Crippen LogP contribution is 2.22. The summed E-state index contributed by atoms with van der Waals surface area (Å²) in [4.78, 5) is 4.28. The molecule has 0 unspecified atom stereocenters. The summed E-state index contributed by atoms with van der Waals surface area (Å²) in [6.07, 6.45) is 0. The second kappa shape index (κ2) is 4.63. The van der Waals surface area contributed by atoms with E-state index in [4.69, 9.17) is 10.2 Å². The number of aromatic nitrogens is 1. The molecule has 17 heavy (non-hydrogen) atoms. The van der Waals surface area contributed by atoms with E-state index < -0.39 is 0 Å². The molecular weight excluding hydrogens is 218 g/mol. The molecule has 0 saturated heterocycles. The first-order valence-corrected chi connectivity index (χ1v) is 5.63. The molecule has 4 N–H and O–H groups in total. The van der Waals surface area contributed by atoms with Gasteiger partial charge >= 0.3 is 0 Å². The molecule has 0 fully saturated rings. The highest BCUT2D eigenvalue weighted by Gasteiger charge is 2.15. The number of nitrogens with two attached hydrogens (primary N) is 1. The first-order chi connectivity index (χ1) is 8.10. The van der Waals surface area contributed by atoms with Gasteiger partial charge in [-0.05, 0) is 18.1 Å². The molecule has 0 aliphatic heterocycles. The van der Waals surface area contributed by atoms with E-state index in [0.29, 0.717) is 23.2 Å². The average molecular weight is 235 g/mol. The van der Waals surface area contributed by atoms with Crippen molar-refractivity contribution in [2.45, 2.75) is 19.9 Å². The summed E-state index contributed by atoms with van der Waals surface area (Å²) in [7, 11) is 0. The number of hydrogen-bond acceptors (Lipinski definition) is 5. The molecule has 1 atom stereocenters. The number of benzene rings is 1. The predicted molar refractivity (Wildman–Crippen MR) is 67.8 cm³/mol. The van der Waals surface area contributed by atoms with Crippen molar-refractivity contribution in [1.29, 1.82) is 0 Å². The monoisotopic (exact) mass is 235 g/mol. The maximum Gasteiger partial charge on any atom is 0.295 e. The van der Waals surface area contributed by atoms with E-state index in [1.54, 1.807) is 12.1 Å². The van der Waals surface area contributed by atoms with E-state index in [1.165, 1.54) is 0 Å². The van der Waals surface area contributed by atoms with E-state index in [9.17, 15) is 5.11 Å². The number of rotatable bonds is 4. The highest BCUT2D eigenvalue weighted by atomic mass is 16.4. The van der Waals surface area contributed by atoms with Crippen LogP contribution in [-0.2, 0) is 0 Å². The lowest BCUT2D eigenvalue weighted by molar-refractivity contribution is 0.247. The topological polar surface area (TPSA) is 84.3 Å². The largest absolute Gasteiger partial charge is 0.423 e. The van der Waals surface area contributed by atoms with Crippen molar-refractivity contribution < 1.29 is 9.52 Å². The summed E-state index contributed by atoms with van der Waals surface area (Å²) in [6, 6.07) is 5.67. The molecule has 0 aliphatic carbocycles. The molecule has 0 saturated carbocycles. The van der Waals surface area contributed by atoms with Crippen molar-refractivity contribution in [3.8, 4) is 0 Å². The quantitative estimate of drug-likeness (QED) is 0.704. The third-order valence-electron chi connectivity index (χ3n) is 2.72. The summed E-state index contributed by atoms with van der Waals surface area (Å²) in [5, 5.41) is 12.3. The molecule has 0 amide bonds. The minimum atomic E-state index is -0.0691. The van der Waals surface area contributed by atoms with Crippen LogP contribution in [0.4, 0.5) is 11.7 Å². The molecule has 5 heteroatoms. The lowest BCUT2D eigenvalue weighted by atomic mass is 10.1. The molecule has 1 aromatic heterocycles. The van der Waals surface area contributed by atoms with Gasteiger partial charge in [-0.1, -0.05) is 13.8 Å². The SMILES string of the molecule is CC(C)[C@@H](CO)Nc1nc2ccc(N)cc2o1. The van der Waals surface area contributed by atoms with Gasteiger partial charge in [-0.3, -0.25) is 0 Å². The van der Waals surface area contributed by atoms with E-state index >= 15 is 0 Å². The van der Waals surface area contributed by atoms with Crippen LogP contribution in [0.2, 0.25) is 0 Å². The third-order valence-corrected chi connectivity index (χ3v) is 2.72. The summed E-state index contributed by atoms with van der Waals surface area (Å²) in [6.45, 7) is 4.08. The van der Waals surface area contributed by atoms with Gasteiger partial charge in [-0.25, -0.2) is 0 Å². The zero-order valence-corrected chi connectivity index (χ0v) is 9.97. The number of fused-ring (bicyclic) bond motifs is 1. The summed E-state index contributed by atoms with van der Waals surface area (Å²) in [5.41, 5.74) is 7.70. The fourth-order valence-electron chi connectivity index (χ4n) is 1.58. The number of nitrogens with one attached hydrogen (secondary N) is 1. The lowest BCUT2D eigenvalue weighted by Crippen LogP contribution is -2.29. The number of aliphatic hydroxyl groups excluding tert-OH is 1. The highest BCUT2D eigenvalue weighted by molar-refractivity contribution is 5.78. The minimum absolute atomic E-state index is 0.0402. The fourth-order valence-corrected chi connectivity index (χ4v) is 1.58. The van der Waals surface area contributed by atoms with Crippen molar-refractivity contribution in [3.63, 3.8) is 0 Å². The van der Waals surface area contributed by atoms with Crippen LogP contribution in [-0.4, -0.2) is 22.7 Å². The first-order valence-electron chi connectivity index (χ1n) is 5.63. The Kier molecular flexibility index (Phi) is 3.19. The Labute approximate surface area is 99.6 Å². The van der Waals surface area contributed by atoms with E-state index in [-0.39, 0.29) is 12.6 Å². The second-order valence-corrected chi connectivity index (χ2v) is 4.42. The van der Waals surface area contributed by atoms with Gasteiger partial charge in [0.05, 0.1) is 12.6 Å². The Bertz CT molecular complexity index is 507. The third kappa shape index (κ3) is 2.50. The van der Waals surface area contributed by atoms with Gasteiger partial charge in [0.25, 0.3) is 6.01 Å². The smallest absolute Gasteiger partial charge is 0.295 e. The van der Waals surface area contributed by atoms with Gasteiger partial charge in [-0.15, -0.1) is 0 Å². The van der Waals surface area contributed by atoms with Crippen LogP contribution >= 0.6 is 0 Å². The van der Waals surface area contributed by atoms with Crippen molar-refractivity contribution in [1.82, 2.24) is 4.98 Å². The van der Waals surface area contributed by atoms with Gasteiger partial charge < -0.3 is 20.6 Å². The Balaban J connectivity index is 2.24. The van der Waals surface area contributed by atoms with Crippen LogP contribution in [0.15, 0.2) is 22.6 Å². The normalized spacial score (nSPS) is 13.2. The van der Waals surface area contributed by atoms with Crippen molar-refractivity contribution >= 4 is 22.8 Å². The van der Waals surface area contributed by atoms with Crippen molar-refractivity contribution in [3.05, 3.63) is 18.2 Å². The molecule has 2 aromatic rings. The number of anilines is 2. The molecular formula is C12H17N3O2. The predicted octanol–water partition coefficient (Wildman–Crippen LogP) is 1.84. The van der Waals surface area contributed by atoms with E-state index in [1.807, 2.05) is 19.9 Å². The van der Waals surface area contributed by atoms with Gasteiger partial charge in [0, 0.05) is 11.8 Å². The molecule has 1 aromatic carbocycles. The van der Waals surface area contributed by atoms with Crippen molar-refractivity contribution in [2.24, 2.45) is 5.92 Å². The molecule has 92 valence electrons. The Morgan fingerprint density at radius 3 is 2.88 bits per heavy atom. The molecule has 0 radical (unpaired) electrons. The van der Waals surface area contributed by atoms with E-state index in [2.05, 4.69) is 10.3 Å². The minimum Gasteiger partial charge on any atom is -0.423 e. The molecule has 2 rings (SSSR count). The summed E-state index contributed by atoms with van der Waals surface area (Å²) in [5.74, 6) is 0.292. The fraction of sp³-hybridized carbons (Fsp3) is 0.417. The van der Waals surface area contributed by atoms with Crippen LogP contribution in [0.3, 0.4) is 0 Å². The maximum absolute atomic E-state index is 9.22. The van der Waals surface area contributed by atoms with Crippen LogP contribution in [0.25, 0.3) is 11.1 Å². The number of aliphatic hydroxyl groups is 1.